The van der Waals surface area contributed by atoms with Crippen LogP contribution in [-0.2, 0) is 9.53 Å². The number of rotatable bonds is 3. The van der Waals surface area contributed by atoms with Crippen LogP contribution < -0.4 is 5.32 Å². The largest absolute Gasteiger partial charge is 0.466 e. The fraction of sp³-hybridized carbons (Fsp3) is 0.545. The maximum atomic E-state index is 11.8. The molecule has 0 bridgehead atoms. The van der Waals surface area contributed by atoms with Crippen LogP contribution in [-0.4, -0.2) is 25.7 Å². The highest BCUT2D eigenvalue weighted by Crippen LogP contribution is 2.35. The van der Waals surface area contributed by atoms with Crippen molar-refractivity contribution in [1.82, 2.24) is 5.32 Å². The van der Waals surface area contributed by atoms with Crippen LogP contribution >= 0.6 is 27.3 Å². The lowest BCUT2D eigenvalue weighted by Gasteiger charge is -2.16. The van der Waals surface area contributed by atoms with Crippen LogP contribution in [0.3, 0.4) is 0 Å². The van der Waals surface area contributed by atoms with Crippen LogP contribution in [0.1, 0.15) is 18.4 Å². The van der Waals surface area contributed by atoms with Gasteiger partial charge in [-0.05, 0) is 33.8 Å². The first-order chi connectivity index (χ1) is 7.74. The molecule has 16 heavy (non-hydrogen) atoms. The van der Waals surface area contributed by atoms with E-state index in [0.29, 0.717) is 13.2 Å². The molecule has 1 aromatic heterocycles. The molecule has 2 rings (SSSR count). The van der Waals surface area contributed by atoms with Crippen LogP contribution in [0.5, 0.6) is 0 Å². The molecule has 2 atom stereocenters. The molecule has 1 saturated heterocycles. The van der Waals surface area contributed by atoms with Crippen LogP contribution in [0, 0.1) is 5.92 Å². The first-order valence-corrected chi connectivity index (χ1v) is 7.06. The van der Waals surface area contributed by atoms with Gasteiger partial charge in [0.15, 0.2) is 0 Å². The Hall–Kier alpha value is -0.390. The Morgan fingerprint density at radius 1 is 1.62 bits per heavy atom. The average Bonchev–Trinajstić information content (AvgIpc) is 2.85. The van der Waals surface area contributed by atoms with E-state index >= 15 is 0 Å². The van der Waals surface area contributed by atoms with Gasteiger partial charge in [-0.3, -0.25) is 4.79 Å². The molecule has 1 aliphatic heterocycles. The number of ether oxygens (including phenoxy) is 1. The summed E-state index contributed by atoms with van der Waals surface area (Å²) in [6.45, 7) is 3.85. The standard InChI is InChI=1S/C11H14BrNO2S/c1-2-15-11(14)8-4-13-3-7(8)9-5-16-6-10(9)12/h5-8,13H,2-4H2,1H3. The van der Waals surface area contributed by atoms with Crippen molar-refractivity contribution in [3.63, 3.8) is 0 Å². The number of carbonyl (C=O) groups excluding carboxylic acids is 1. The van der Waals surface area contributed by atoms with Gasteiger partial charge in [0.1, 0.15) is 0 Å². The number of carbonyl (C=O) groups is 1. The molecule has 1 N–H and O–H groups in total. The number of hydrogen-bond donors (Lipinski definition) is 1. The van der Waals surface area contributed by atoms with Crippen LogP contribution in [0.15, 0.2) is 15.2 Å². The predicted molar refractivity (Wildman–Crippen MR) is 67.8 cm³/mol. The molecule has 0 spiro atoms. The van der Waals surface area contributed by atoms with Gasteiger partial charge in [-0.25, -0.2) is 0 Å². The van der Waals surface area contributed by atoms with E-state index in [1.54, 1.807) is 11.3 Å². The molecule has 1 aliphatic rings. The van der Waals surface area contributed by atoms with Crippen LogP contribution in [0.25, 0.3) is 0 Å². The maximum absolute atomic E-state index is 11.8. The zero-order valence-corrected chi connectivity index (χ0v) is 11.4. The van der Waals surface area contributed by atoms with Gasteiger partial charge in [0.05, 0.1) is 12.5 Å². The molecule has 1 aromatic rings. The lowest BCUT2D eigenvalue weighted by Crippen LogP contribution is -2.24. The van der Waals surface area contributed by atoms with Crippen LogP contribution in [0.2, 0.25) is 0 Å². The summed E-state index contributed by atoms with van der Waals surface area (Å²) in [5, 5.41) is 7.42. The number of halogens is 1. The Balaban J connectivity index is 2.15. The first kappa shape index (κ1) is 12.1. The summed E-state index contributed by atoms with van der Waals surface area (Å²) in [4.78, 5) is 11.8. The Kier molecular flexibility index (Phi) is 4.00. The number of thiophene rings is 1. The van der Waals surface area contributed by atoms with Gasteiger partial charge in [-0.15, -0.1) is 0 Å². The lowest BCUT2D eigenvalue weighted by molar-refractivity contribution is -0.147. The Bertz CT molecular complexity index is 380. The number of nitrogens with one attached hydrogen (secondary N) is 1. The van der Waals surface area contributed by atoms with E-state index in [1.165, 1.54) is 5.56 Å². The number of hydrogen-bond acceptors (Lipinski definition) is 4. The van der Waals surface area contributed by atoms with Gasteiger partial charge in [0, 0.05) is 28.9 Å². The minimum Gasteiger partial charge on any atom is -0.466 e. The van der Waals surface area contributed by atoms with Crippen molar-refractivity contribution in [2.45, 2.75) is 12.8 Å². The Labute approximate surface area is 107 Å². The van der Waals surface area contributed by atoms with E-state index in [4.69, 9.17) is 4.74 Å². The molecule has 88 valence electrons. The van der Waals surface area contributed by atoms with E-state index < -0.39 is 0 Å². The molecule has 3 nitrogen and oxygen atoms in total. The van der Waals surface area contributed by atoms with Crippen molar-refractivity contribution in [3.8, 4) is 0 Å². The van der Waals surface area contributed by atoms with Crippen molar-refractivity contribution < 1.29 is 9.53 Å². The zero-order chi connectivity index (χ0) is 11.5. The highest BCUT2D eigenvalue weighted by atomic mass is 79.9. The number of esters is 1. The second-order valence-corrected chi connectivity index (χ2v) is 5.40. The van der Waals surface area contributed by atoms with Gasteiger partial charge >= 0.3 is 5.97 Å². The fourth-order valence-electron chi connectivity index (χ4n) is 2.06. The van der Waals surface area contributed by atoms with E-state index in [2.05, 4.69) is 32.0 Å². The summed E-state index contributed by atoms with van der Waals surface area (Å²) in [6, 6.07) is 0. The molecule has 2 unspecified atom stereocenters. The van der Waals surface area contributed by atoms with Crippen molar-refractivity contribution in [1.29, 1.82) is 0 Å². The summed E-state index contributed by atoms with van der Waals surface area (Å²) >= 11 is 5.18. The molecule has 2 heterocycles. The third-order valence-electron chi connectivity index (χ3n) is 2.85. The van der Waals surface area contributed by atoms with Crippen molar-refractivity contribution in [2.75, 3.05) is 19.7 Å². The first-order valence-electron chi connectivity index (χ1n) is 5.33. The quantitative estimate of drug-likeness (QED) is 0.871. The van der Waals surface area contributed by atoms with Crippen molar-refractivity contribution >= 4 is 33.2 Å². The van der Waals surface area contributed by atoms with E-state index in [1.807, 2.05) is 6.92 Å². The van der Waals surface area contributed by atoms with Gasteiger partial charge in [0.2, 0.25) is 0 Å². The lowest BCUT2D eigenvalue weighted by atomic mass is 9.91. The predicted octanol–water partition coefficient (Wildman–Crippen LogP) is 2.38. The topological polar surface area (TPSA) is 38.3 Å². The second kappa shape index (κ2) is 5.29. The average molecular weight is 304 g/mol. The highest BCUT2D eigenvalue weighted by molar-refractivity contribution is 9.10. The van der Waals surface area contributed by atoms with Gasteiger partial charge < -0.3 is 10.1 Å². The molecule has 0 radical (unpaired) electrons. The van der Waals surface area contributed by atoms with Crippen LogP contribution in [0.4, 0.5) is 0 Å². The van der Waals surface area contributed by atoms with E-state index in [-0.39, 0.29) is 17.8 Å². The van der Waals surface area contributed by atoms with Crippen molar-refractivity contribution in [3.05, 3.63) is 20.8 Å². The van der Waals surface area contributed by atoms with Gasteiger partial charge in [0.25, 0.3) is 0 Å². The molecule has 0 saturated carbocycles. The molecule has 1 fully saturated rings. The third-order valence-corrected chi connectivity index (χ3v) is 4.60. The molecule has 0 amide bonds. The second-order valence-electron chi connectivity index (χ2n) is 3.80. The molecule has 0 aliphatic carbocycles. The Morgan fingerprint density at radius 2 is 2.44 bits per heavy atom. The minimum atomic E-state index is -0.0874. The minimum absolute atomic E-state index is 0.0501. The molecule has 0 aromatic carbocycles. The van der Waals surface area contributed by atoms with E-state index in [9.17, 15) is 4.79 Å². The Morgan fingerprint density at radius 3 is 3.06 bits per heavy atom. The molecular weight excluding hydrogens is 290 g/mol. The SMILES string of the molecule is CCOC(=O)C1CNCC1c1cscc1Br. The molecule has 5 heteroatoms. The third kappa shape index (κ3) is 2.31. The smallest absolute Gasteiger partial charge is 0.310 e. The highest BCUT2D eigenvalue weighted by Gasteiger charge is 2.36. The zero-order valence-electron chi connectivity index (χ0n) is 9.03. The normalized spacial score (nSPS) is 24.6. The maximum Gasteiger partial charge on any atom is 0.310 e. The monoisotopic (exact) mass is 303 g/mol. The fourth-order valence-corrected chi connectivity index (χ4v) is 3.71. The van der Waals surface area contributed by atoms with Crippen molar-refractivity contribution in [2.24, 2.45) is 5.92 Å². The van der Waals surface area contributed by atoms with E-state index in [0.717, 1.165) is 11.0 Å². The summed E-state index contributed by atoms with van der Waals surface area (Å²) in [6.07, 6.45) is 0. The summed E-state index contributed by atoms with van der Waals surface area (Å²) < 4.78 is 6.20. The summed E-state index contributed by atoms with van der Waals surface area (Å²) in [5.41, 5.74) is 1.22. The summed E-state index contributed by atoms with van der Waals surface area (Å²) in [5.74, 6) is 0.0983. The summed E-state index contributed by atoms with van der Waals surface area (Å²) in [7, 11) is 0. The van der Waals surface area contributed by atoms with Gasteiger partial charge in [-0.2, -0.15) is 11.3 Å². The van der Waals surface area contributed by atoms with Gasteiger partial charge in [-0.1, -0.05) is 0 Å². The molecular formula is C11H14BrNO2S.